The van der Waals surface area contributed by atoms with E-state index in [2.05, 4.69) is 10.1 Å². The van der Waals surface area contributed by atoms with Gasteiger partial charge in [0.25, 0.3) is 0 Å². The lowest BCUT2D eigenvalue weighted by atomic mass is 10.3. The molecule has 0 heterocycles. The number of alkyl halides is 2. The number of thioether (sulfide) groups is 1. The molecule has 122 valence electrons. The van der Waals surface area contributed by atoms with Crippen LogP contribution in [0.15, 0.2) is 53.4 Å². The van der Waals surface area contributed by atoms with Crippen LogP contribution in [0.5, 0.6) is 5.75 Å². The highest BCUT2D eigenvalue weighted by Gasteiger charge is 2.06. The number of halogens is 3. The molecule has 0 spiro atoms. The van der Waals surface area contributed by atoms with Crippen LogP contribution in [0, 0.1) is 0 Å². The van der Waals surface area contributed by atoms with Gasteiger partial charge < -0.3 is 10.1 Å². The van der Waals surface area contributed by atoms with Gasteiger partial charge in [0.1, 0.15) is 5.75 Å². The van der Waals surface area contributed by atoms with Crippen LogP contribution >= 0.6 is 23.4 Å². The number of amides is 1. The van der Waals surface area contributed by atoms with E-state index < -0.39 is 6.61 Å². The average Bonchev–Trinajstić information content (AvgIpc) is 2.51. The maximum atomic E-state index is 12.0. The smallest absolute Gasteiger partial charge is 0.387 e. The number of rotatable bonds is 7. The second kappa shape index (κ2) is 8.74. The molecule has 0 radical (unpaired) electrons. The monoisotopic (exact) mass is 357 g/mol. The van der Waals surface area contributed by atoms with E-state index in [0.717, 1.165) is 4.90 Å². The maximum absolute atomic E-state index is 12.0. The lowest BCUT2D eigenvalue weighted by molar-refractivity contribution is -0.115. The molecule has 7 heteroatoms. The molecule has 2 aromatic rings. The largest absolute Gasteiger partial charge is 0.435 e. The SMILES string of the molecule is O=C(CCSc1ccccc1Cl)Nc1ccc(OC(F)F)cc1. The molecule has 0 fully saturated rings. The van der Waals surface area contributed by atoms with Crippen LogP contribution in [-0.2, 0) is 4.79 Å². The van der Waals surface area contributed by atoms with E-state index in [-0.39, 0.29) is 11.7 Å². The van der Waals surface area contributed by atoms with Crippen molar-refractivity contribution in [2.45, 2.75) is 17.9 Å². The van der Waals surface area contributed by atoms with Crippen molar-refractivity contribution in [3.05, 3.63) is 53.6 Å². The summed E-state index contributed by atoms with van der Waals surface area (Å²) in [5, 5.41) is 3.35. The Balaban J connectivity index is 1.77. The number of nitrogens with one attached hydrogen (secondary N) is 1. The second-order valence-corrected chi connectivity index (χ2v) is 6.02. The summed E-state index contributed by atoms with van der Waals surface area (Å²) in [5.41, 5.74) is 0.527. The number of carbonyl (C=O) groups is 1. The minimum Gasteiger partial charge on any atom is -0.435 e. The molecule has 1 N–H and O–H groups in total. The molecule has 1 amide bonds. The molecule has 2 aromatic carbocycles. The number of benzene rings is 2. The van der Waals surface area contributed by atoms with E-state index in [9.17, 15) is 13.6 Å². The van der Waals surface area contributed by atoms with Gasteiger partial charge in [0.15, 0.2) is 0 Å². The first kappa shape index (κ1) is 17.6. The van der Waals surface area contributed by atoms with Crippen LogP contribution in [0.4, 0.5) is 14.5 Å². The van der Waals surface area contributed by atoms with Gasteiger partial charge in [0.2, 0.25) is 5.91 Å². The number of ether oxygens (including phenoxy) is 1. The summed E-state index contributed by atoms with van der Waals surface area (Å²) in [5.74, 6) is 0.474. The standard InChI is InChI=1S/C16H14ClF2NO2S/c17-13-3-1-2-4-14(13)23-10-9-15(21)20-11-5-7-12(8-6-11)22-16(18)19/h1-8,16H,9-10H2,(H,20,21). The fourth-order valence-electron chi connectivity index (χ4n) is 1.76. The molecule has 0 aromatic heterocycles. The van der Waals surface area contributed by atoms with Crippen LogP contribution in [0.1, 0.15) is 6.42 Å². The number of carbonyl (C=O) groups excluding carboxylic acids is 1. The topological polar surface area (TPSA) is 38.3 Å². The third-order valence-electron chi connectivity index (χ3n) is 2.79. The summed E-state index contributed by atoms with van der Waals surface area (Å²) in [6.45, 7) is -2.86. The van der Waals surface area contributed by atoms with Crippen LogP contribution in [-0.4, -0.2) is 18.3 Å². The number of hydrogen-bond acceptors (Lipinski definition) is 3. The molecule has 0 unspecified atom stereocenters. The minimum atomic E-state index is -2.86. The summed E-state index contributed by atoms with van der Waals surface area (Å²) < 4.78 is 28.3. The fourth-order valence-corrected chi connectivity index (χ4v) is 2.95. The molecule has 0 aliphatic heterocycles. The van der Waals surface area contributed by atoms with Crippen LogP contribution < -0.4 is 10.1 Å². The van der Waals surface area contributed by atoms with E-state index in [0.29, 0.717) is 22.9 Å². The Morgan fingerprint density at radius 2 is 1.87 bits per heavy atom. The highest BCUT2D eigenvalue weighted by molar-refractivity contribution is 7.99. The average molecular weight is 358 g/mol. The van der Waals surface area contributed by atoms with Gasteiger partial charge in [-0.1, -0.05) is 23.7 Å². The van der Waals surface area contributed by atoms with Crippen molar-refractivity contribution in [1.82, 2.24) is 0 Å². The first-order valence-corrected chi connectivity index (χ1v) is 8.13. The lowest BCUT2D eigenvalue weighted by Gasteiger charge is -2.08. The summed E-state index contributed by atoms with van der Waals surface area (Å²) in [6.07, 6.45) is 0.311. The minimum absolute atomic E-state index is 0.0484. The Morgan fingerprint density at radius 3 is 2.52 bits per heavy atom. The molecular weight excluding hydrogens is 344 g/mol. The second-order valence-electron chi connectivity index (χ2n) is 4.48. The molecule has 23 heavy (non-hydrogen) atoms. The molecule has 0 saturated heterocycles. The summed E-state index contributed by atoms with van der Waals surface area (Å²) in [4.78, 5) is 12.8. The van der Waals surface area contributed by atoms with Crippen molar-refractivity contribution >= 4 is 35.0 Å². The molecule has 0 bridgehead atoms. The van der Waals surface area contributed by atoms with Crippen LogP contribution in [0.25, 0.3) is 0 Å². The molecular formula is C16H14ClF2NO2S. The van der Waals surface area contributed by atoms with Crippen molar-refractivity contribution in [2.24, 2.45) is 0 Å². The zero-order valence-corrected chi connectivity index (χ0v) is 13.5. The van der Waals surface area contributed by atoms with Gasteiger partial charge in [0.05, 0.1) is 5.02 Å². The number of hydrogen-bond donors (Lipinski definition) is 1. The van der Waals surface area contributed by atoms with Gasteiger partial charge in [-0.25, -0.2) is 0 Å². The predicted octanol–water partition coefficient (Wildman–Crippen LogP) is 5.06. The van der Waals surface area contributed by atoms with Crippen LogP contribution in [0.3, 0.4) is 0 Å². The quantitative estimate of drug-likeness (QED) is 0.704. The lowest BCUT2D eigenvalue weighted by Crippen LogP contribution is -2.12. The van der Waals surface area contributed by atoms with Crippen molar-refractivity contribution in [1.29, 1.82) is 0 Å². The van der Waals surface area contributed by atoms with Crippen molar-refractivity contribution in [2.75, 3.05) is 11.1 Å². The highest BCUT2D eigenvalue weighted by atomic mass is 35.5. The third kappa shape index (κ3) is 6.08. The number of anilines is 1. The van der Waals surface area contributed by atoms with Crippen molar-refractivity contribution in [3.63, 3.8) is 0 Å². The predicted molar refractivity (Wildman–Crippen MR) is 88.5 cm³/mol. The third-order valence-corrected chi connectivity index (χ3v) is 4.30. The first-order valence-electron chi connectivity index (χ1n) is 6.76. The fraction of sp³-hybridized carbons (Fsp3) is 0.188. The van der Waals surface area contributed by atoms with Crippen molar-refractivity contribution < 1.29 is 18.3 Å². The Hall–Kier alpha value is -1.79. The summed E-state index contributed by atoms with van der Waals surface area (Å²) >= 11 is 7.53. The van der Waals surface area contributed by atoms with E-state index in [1.807, 2.05) is 18.2 Å². The molecule has 0 atom stereocenters. The van der Waals surface area contributed by atoms with Gasteiger partial charge >= 0.3 is 6.61 Å². The molecule has 0 aliphatic rings. The maximum Gasteiger partial charge on any atom is 0.387 e. The Bertz CT molecular complexity index is 653. The zero-order chi connectivity index (χ0) is 16.7. The van der Waals surface area contributed by atoms with E-state index >= 15 is 0 Å². The van der Waals surface area contributed by atoms with Crippen molar-refractivity contribution in [3.8, 4) is 5.75 Å². The van der Waals surface area contributed by atoms with Gasteiger partial charge in [-0.05, 0) is 36.4 Å². The first-order chi connectivity index (χ1) is 11.0. The van der Waals surface area contributed by atoms with Gasteiger partial charge in [-0.3, -0.25) is 4.79 Å². The molecule has 0 aliphatic carbocycles. The van der Waals surface area contributed by atoms with Crippen LogP contribution in [0.2, 0.25) is 5.02 Å². The Labute approximate surface area is 142 Å². The molecule has 3 nitrogen and oxygen atoms in total. The van der Waals surface area contributed by atoms with E-state index in [4.69, 9.17) is 11.6 Å². The Kier molecular flexibility index (Phi) is 6.67. The summed E-state index contributed by atoms with van der Waals surface area (Å²) in [7, 11) is 0. The van der Waals surface area contributed by atoms with E-state index in [1.54, 1.807) is 6.07 Å². The van der Waals surface area contributed by atoms with Gasteiger partial charge in [0, 0.05) is 22.8 Å². The van der Waals surface area contributed by atoms with Gasteiger partial charge in [-0.2, -0.15) is 8.78 Å². The van der Waals surface area contributed by atoms with E-state index in [1.165, 1.54) is 36.0 Å². The highest BCUT2D eigenvalue weighted by Crippen LogP contribution is 2.27. The summed E-state index contributed by atoms with van der Waals surface area (Å²) in [6, 6.07) is 13.2. The molecule has 2 rings (SSSR count). The molecule has 0 saturated carbocycles. The van der Waals surface area contributed by atoms with Gasteiger partial charge in [-0.15, -0.1) is 11.8 Å². The Morgan fingerprint density at radius 1 is 1.17 bits per heavy atom. The zero-order valence-electron chi connectivity index (χ0n) is 12.0. The normalized spacial score (nSPS) is 10.6.